The Morgan fingerprint density at radius 2 is 2.07 bits per heavy atom. The first-order chi connectivity index (χ1) is 6.79. The van der Waals surface area contributed by atoms with Crippen molar-refractivity contribution in [1.82, 2.24) is 5.32 Å². The number of nitrogens with zero attached hydrogens (tertiary/aromatic N) is 1. The van der Waals surface area contributed by atoms with Crippen LogP contribution < -0.4 is 5.32 Å². The fourth-order valence-electron chi connectivity index (χ4n) is 2.66. The van der Waals surface area contributed by atoms with Crippen LogP contribution in [-0.4, -0.2) is 18.3 Å². The normalized spacial score (nSPS) is 42.6. The molecule has 0 aromatic rings. The van der Waals surface area contributed by atoms with E-state index in [1.165, 1.54) is 0 Å². The lowest BCUT2D eigenvalue weighted by Gasteiger charge is -2.20. The second-order valence-corrected chi connectivity index (χ2v) is 4.56. The summed E-state index contributed by atoms with van der Waals surface area (Å²) in [5.41, 5.74) is 0. The van der Waals surface area contributed by atoms with Crippen molar-refractivity contribution in [2.75, 3.05) is 0 Å². The summed E-state index contributed by atoms with van der Waals surface area (Å²) in [6.07, 6.45) is 4.98. The minimum atomic E-state index is -0.656. The van der Waals surface area contributed by atoms with E-state index in [0.717, 1.165) is 32.1 Å². The molecule has 0 amide bonds. The number of hydrogen-bond acceptors (Lipinski definition) is 2. The van der Waals surface area contributed by atoms with Gasteiger partial charge in [-0.2, -0.15) is 5.26 Å². The van der Waals surface area contributed by atoms with Crippen LogP contribution in [0.2, 0.25) is 0 Å². The van der Waals surface area contributed by atoms with Crippen LogP contribution in [0.15, 0.2) is 0 Å². The maximum atomic E-state index is 13.3. The van der Waals surface area contributed by atoms with Crippen molar-refractivity contribution in [3.05, 3.63) is 0 Å². The molecular formula is C11H17FN2. The number of halogens is 1. The fourth-order valence-corrected chi connectivity index (χ4v) is 2.66. The van der Waals surface area contributed by atoms with Crippen molar-refractivity contribution in [2.45, 2.75) is 56.8 Å². The summed E-state index contributed by atoms with van der Waals surface area (Å²) in [6, 6.07) is 2.75. The Labute approximate surface area is 84.5 Å². The van der Waals surface area contributed by atoms with Crippen LogP contribution in [-0.2, 0) is 0 Å². The summed E-state index contributed by atoms with van der Waals surface area (Å²) in [7, 11) is 0. The minimum absolute atomic E-state index is 0.0671. The summed E-state index contributed by atoms with van der Waals surface area (Å²) in [5.74, 6) is 0.201. The van der Waals surface area contributed by atoms with Gasteiger partial charge in [-0.05, 0) is 38.5 Å². The van der Waals surface area contributed by atoms with Crippen LogP contribution in [0.3, 0.4) is 0 Å². The van der Waals surface area contributed by atoms with Crippen molar-refractivity contribution < 1.29 is 4.39 Å². The van der Waals surface area contributed by atoms with Gasteiger partial charge in [0.15, 0.2) is 0 Å². The van der Waals surface area contributed by atoms with E-state index in [-0.39, 0.29) is 12.0 Å². The third-order valence-electron chi connectivity index (χ3n) is 3.50. The van der Waals surface area contributed by atoms with Crippen molar-refractivity contribution >= 4 is 0 Å². The lowest BCUT2D eigenvalue weighted by atomic mass is 10.1. The quantitative estimate of drug-likeness (QED) is 0.734. The highest BCUT2D eigenvalue weighted by Gasteiger charge is 2.31. The molecule has 14 heavy (non-hydrogen) atoms. The SMILES string of the molecule is N#CC1CCC(N[C@H]2CCC[C@H]2F)C1. The maximum Gasteiger partial charge on any atom is 0.115 e. The molecular weight excluding hydrogens is 179 g/mol. The molecule has 2 aliphatic carbocycles. The monoisotopic (exact) mass is 196 g/mol. The summed E-state index contributed by atoms with van der Waals surface area (Å²) in [6.45, 7) is 0. The maximum absolute atomic E-state index is 13.3. The van der Waals surface area contributed by atoms with Gasteiger partial charge in [0.2, 0.25) is 0 Å². The third kappa shape index (κ3) is 2.06. The average molecular weight is 196 g/mol. The smallest absolute Gasteiger partial charge is 0.115 e. The predicted molar refractivity (Wildman–Crippen MR) is 52.4 cm³/mol. The Morgan fingerprint density at radius 1 is 1.21 bits per heavy atom. The molecule has 2 aliphatic rings. The summed E-state index contributed by atoms with van der Waals surface area (Å²) >= 11 is 0. The molecule has 0 radical (unpaired) electrons. The summed E-state index contributed by atoms with van der Waals surface area (Å²) in [4.78, 5) is 0. The molecule has 0 spiro atoms. The second kappa shape index (κ2) is 4.27. The van der Waals surface area contributed by atoms with Crippen LogP contribution in [0.1, 0.15) is 38.5 Å². The minimum Gasteiger partial charge on any atom is -0.308 e. The number of hydrogen-bond donors (Lipinski definition) is 1. The van der Waals surface area contributed by atoms with Gasteiger partial charge in [0.05, 0.1) is 6.07 Å². The van der Waals surface area contributed by atoms with E-state index in [1.54, 1.807) is 0 Å². The van der Waals surface area contributed by atoms with Gasteiger partial charge in [-0.25, -0.2) is 4.39 Å². The zero-order valence-corrected chi connectivity index (χ0v) is 8.38. The molecule has 0 aromatic heterocycles. The zero-order valence-electron chi connectivity index (χ0n) is 8.38. The highest BCUT2D eigenvalue weighted by Crippen LogP contribution is 2.28. The highest BCUT2D eigenvalue weighted by molar-refractivity contribution is 4.95. The van der Waals surface area contributed by atoms with E-state index >= 15 is 0 Å². The van der Waals surface area contributed by atoms with Gasteiger partial charge >= 0.3 is 0 Å². The average Bonchev–Trinajstić information content (AvgIpc) is 2.77. The molecule has 78 valence electrons. The molecule has 2 fully saturated rings. The zero-order chi connectivity index (χ0) is 9.97. The Bertz CT molecular complexity index is 236. The molecule has 0 aliphatic heterocycles. The highest BCUT2D eigenvalue weighted by atomic mass is 19.1. The van der Waals surface area contributed by atoms with E-state index in [9.17, 15) is 4.39 Å². The van der Waals surface area contributed by atoms with Crippen molar-refractivity contribution in [3.63, 3.8) is 0 Å². The van der Waals surface area contributed by atoms with Crippen molar-refractivity contribution in [1.29, 1.82) is 5.26 Å². The van der Waals surface area contributed by atoms with Gasteiger partial charge in [-0.3, -0.25) is 0 Å². The lowest BCUT2D eigenvalue weighted by molar-refractivity contribution is 0.263. The topological polar surface area (TPSA) is 35.8 Å². The summed E-state index contributed by atoms with van der Waals surface area (Å²) < 4.78 is 13.3. The first kappa shape index (κ1) is 9.92. The van der Waals surface area contributed by atoms with E-state index in [4.69, 9.17) is 5.26 Å². The molecule has 4 atom stereocenters. The number of alkyl halides is 1. The number of nitriles is 1. The van der Waals surface area contributed by atoms with E-state index in [1.807, 2.05) is 0 Å². The van der Waals surface area contributed by atoms with Crippen LogP contribution in [0.5, 0.6) is 0 Å². The Balaban J connectivity index is 1.79. The van der Waals surface area contributed by atoms with Crippen molar-refractivity contribution in [3.8, 4) is 6.07 Å². The molecule has 0 saturated heterocycles. The first-order valence-corrected chi connectivity index (χ1v) is 5.59. The number of nitrogens with one attached hydrogen (secondary N) is 1. The molecule has 1 N–H and O–H groups in total. The van der Waals surface area contributed by atoms with Crippen LogP contribution in [0.25, 0.3) is 0 Å². The standard InChI is InChI=1S/C11H17FN2/c12-10-2-1-3-11(10)14-9-5-4-8(6-9)7-13/h8-11,14H,1-6H2/t8?,9?,10-,11+/m1/s1. The molecule has 0 heterocycles. The molecule has 3 heteroatoms. The van der Waals surface area contributed by atoms with Gasteiger partial charge in [0.1, 0.15) is 6.17 Å². The molecule has 2 saturated carbocycles. The Kier molecular flexibility index (Phi) is 3.02. The largest absolute Gasteiger partial charge is 0.308 e. The van der Waals surface area contributed by atoms with Crippen LogP contribution in [0, 0.1) is 17.2 Å². The fraction of sp³-hybridized carbons (Fsp3) is 0.909. The third-order valence-corrected chi connectivity index (χ3v) is 3.50. The van der Waals surface area contributed by atoms with Gasteiger partial charge in [0.25, 0.3) is 0 Å². The van der Waals surface area contributed by atoms with Gasteiger partial charge < -0.3 is 5.32 Å². The second-order valence-electron chi connectivity index (χ2n) is 4.56. The summed E-state index contributed by atoms with van der Waals surface area (Å²) in [5, 5.41) is 12.1. The molecule has 0 aromatic carbocycles. The van der Waals surface area contributed by atoms with Crippen LogP contribution >= 0.6 is 0 Å². The van der Waals surface area contributed by atoms with E-state index in [2.05, 4.69) is 11.4 Å². The lowest BCUT2D eigenvalue weighted by Crippen LogP contribution is -2.40. The molecule has 2 unspecified atom stereocenters. The molecule has 2 rings (SSSR count). The van der Waals surface area contributed by atoms with E-state index in [0.29, 0.717) is 12.5 Å². The van der Waals surface area contributed by atoms with Gasteiger partial charge in [-0.15, -0.1) is 0 Å². The number of rotatable bonds is 2. The molecule has 2 nitrogen and oxygen atoms in total. The van der Waals surface area contributed by atoms with E-state index < -0.39 is 6.17 Å². The van der Waals surface area contributed by atoms with Gasteiger partial charge in [0, 0.05) is 18.0 Å². The van der Waals surface area contributed by atoms with Gasteiger partial charge in [-0.1, -0.05) is 0 Å². The first-order valence-electron chi connectivity index (χ1n) is 5.59. The Morgan fingerprint density at radius 3 is 2.64 bits per heavy atom. The Hall–Kier alpha value is -0.620. The predicted octanol–water partition coefficient (Wildman–Crippen LogP) is 2.16. The molecule has 0 bridgehead atoms. The van der Waals surface area contributed by atoms with Crippen molar-refractivity contribution in [2.24, 2.45) is 5.92 Å². The van der Waals surface area contributed by atoms with Crippen LogP contribution in [0.4, 0.5) is 4.39 Å².